The normalized spacial score (nSPS) is 25.0. The average molecular weight is 366 g/mol. The Balaban J connectivity index is 1.54. The van der Waals surface area contributed by atoms with Gasteiger partial charge in [-0.1, -0.05) is 23.7 Å². The SMILES string of the molecule is CN=C(NCC1(CCO)CCOC1)NCC1(c2cccc(Cl)c2)CC1. The van der Waals surface area contributed by atoms with E-state index in [2.05, 4.69) is 27.8 Å². The Morgan fingerprint density at radius 3 is 2.68 bits per heavy atom. The predicted octanol–water partition coefficient (Wildman–Crippen LogP) is 2.33. The molecule has 1 aliphatic heterocycles. The van der Waals surface area contributed by atoms with E-state index in [4.69, 9.17) is 16.3 Å². The molecule has 0 radical (unpaired) electrons. The first-order valence-corrected chi connectivity index (χ1v) is 9.38. The summed E-state index contributed by atoms with van der Waals surface area (Å²) in [6.07, 6.45) is 4.06. The molecule has 1 heterocycles. The Morgan fingerprint density at radius 2 is 2.08 bits per heavy atom. The number of ether oxygens (including phenoxy) is 1. The third-order valence-electron chi connectivity index (χ3n) is 5.57. The highest BCUT2D eigenvalue weighted by Gasteiger charge is 2.44. The minimum Gasteiger partial charge on any atom is -0.396 e. The smallest absolute Gasteiger partial charge is 0.191 e. The summed E-state index contributed by atoms with van der Waals surface area (Å²) in [4.78, 5) is 4.35. The van der Waals surface area contributed by atoms with E-state index in [1.165, 1.54) is 18.4 Å². The van der Waals surface area contributed by atoms with Crippen LogP contribution < -0.4 is 10.6 Å². The molecule has 0 bridgehead atoms. The van der Waals surface area contributed by atoms with Crippen LogP contribution in [0.3, 0.4) is 0 Å². The van der Waals surface area contributed by atoms with Crippen LogP contribution in [0.1, 0.15) is 31.2 Å². The van der Waals surface area contributed by atoms with Crippen molar-refractivity contribution in [2.75, 3.05) is 40.0 Å². The molecule has 3 rings (SSSR count). The number of guanidine groups is 1. The molecule has 2 fully saturated rings. The molecule has 1 aliphatic carbocycles. The summed E-state index contributed by atoms with van der Waals surface area (Å²) in [5.74, 6) is 0.803. The molecule has 1 saturated heterocycles. The van der Waals surface area contributed by atoms with Gasteiger partial charge in [-0.25, -0.2) is 0 Å². The molecule has 0 spiro atoms. The lowest BCUT2D eigenvalue weighted by molar-refractivity contribution is 0.127. The van der Waals surface area contributed by atoms with Gasteiger partial charge in [0.05, 0.1) is 6.61 Å². The molecule has 3 N–H and O–H groups in total. The number of aliphatic hydroxyl groups is 1. The number of benzene rings is 1. The molecule has 6 heteroatoms. The van der Waals surface area contributed by atoms with E-state index >= 15 is 0 Å². The summed E-state index contributed by atoms with van der Waals surface area (Å²) in [6.45, 7) is 3.26. The van der Waals surface area contributed by atoms with Gasteiger partial charge in [0, 0.05) is 49.2 Å². The number of nitrogens with zero attached hydrogens (tertiary/aromatic N) is 1. The number of rotatable bonds is 7. The van der Waals surface area contributed by atoms with E-state index < -0.39 is 0 Å². The second kappa shape index (κ2) is 7.94. The Kier molecular flexibility index (Phi) is 5.87. The lowest BCUT2D eigenvalue weighted by Crippen LogP contribution is -2.46. The number of aliphatic imine (C=N–C) groups is 1. The Bertz CT molecular complexity index is 610. The highest BCUT2D eigenvalue weighted by Crippen LogP contribution is 2.48. The predicted molar refractivity (Wildman–Crippen MR) is 101 cm³/mol. The van der Waals surface area contributed by atoms with Crippen molar-refractivity contribution in [3.63, 3.8) is 0 Å². The maximum absolute atomic E-state index is 9.34. The van der Waals surface area contributed by atoms with Crippen LogP contribution in [0.4, 0.5) is 0 Å². The molecule has 1 atom stereocenters. The van der Waals surface area contributed by atoms with Gasteiger partial charge in [-0.05, 0) is 43.4 Å². The van der Waals surface area contributed by atoms with Crippen molar-refractivity contribution in [2.24, 2.45) is 10.4 Å². The fourth-order valence-electron chi connectivity index (χ4n) is 3.59. The van der Waals surface area contributed by atoms with E-state index in [-0.39, 0.29) is 17.4 Å². The van der Waals surface area contributed by atoms with Crippen molar-refractivity contribution in [1.29, 1.82) is 0 Å². The molecule has 1 saturated carbocycles. The molecule has 25 heavy (non-hydrogen) atoms. The Morgan fingerprint density at radius 1 is 1.28 bits per heavy atom. The van der Waals surface area contributed by atoms with E-state index in [1.54, 1.807) is 7.05 Å². The monoisotopic (exact) mass is 365 g/mol. The van der Waals surface area contributed by atoms with E-state index in [0.717, 1.165) is 43.5 Å². The van der Waals surface area contributed by atoms with Gasteiger partial charge in [0.2, 0.25) is 0 Å². The summed E-state index contributed by atoms with van der Waals surface area (Å²) in [7, 11) is 1.79. The minimum absolute atomic E-state index is 0.0105. The fourth-order valence-corrected chi connectivity index (χ4v) is 3.78. The zero-order chi connectivity index (χ0) is 17.8. The van der Waals surface area contributed by atoms with Crippen LogP contribution in [0.15, 0.2) is 29.3 Å². The van der Waals surface area contributed by atoms with Gasteiger partial charge in [0.15, 0.2) is 5.96 Å². The van der Waals surface area contributed by atoms with Gasteiger partial charge in [-0.3, -0.25) is 4.99 Å². The van der Waals surface area contributed by atoms with E-state index in [1.807, 2.05) is 12.1 Å². The maximum Gasteiger partial charge on any atom is 0.191 e. The van der Waals surface area contributed by atoms with Crippen molar-refractivity contribution in [3.8, 4) is 0 Å². The molecule has 2 aliphatic rings. The minimum atomic E-state index is 0.0105. The summed E-state index contributed by atoms with van der Waals surface area (Å²) in [5, 5.41) is 17.0. The maximum atomic E-state index is 9.34. The topological polar surface area (TPSA) is 65.9 Å². The molecule has 1 aromatic rings. The summed E-state index contributed by atoms with van der Waals surface area (Å²) in [5.41, 5.74) is 1.47. The summed E-state index contributed by atoms with van der Waals surface area (Å²) >= 11 is 6.15. The van der Waals surface area contributed by atoms with Crippen LogP contribution in [0.25, 0.3) is 0 Å². The number of nitrogens with one attached hydrogen (secondary N) is 2. The van der Waals surface area contributed by atoms with Crippen LogP contribution in [-0.4, -0.2) is 51.0 Å². The zero-order valence-corrected chi connectivity index (χ0v) is 15.6. The molecule has 0 amide bonds. The number of halogens is 1. The van der Waals surface area contributed by atoms with Crippen molar-refractivity contribution in [2.45, 2.75) is 31.1 Å². The molecule has 1 aromatic carbocycles. The largest absolute Gasteiger partial charge is 0.396 e. The number of aliphatic hydroxyl groups excluding tert-OH is 1. The standard InChI is InChI=1S/C19H28ClN3O2/c1-21-17(22-12-18(7-9-24)8-10-25-14-18)23-13-19(5-6-19)15-3-2-4-16(20)11-15/h2-4,11,24H,5-10,12-14H2,1H3,(H2,21,22,23). The second-order valence-electron chi connectivity index (χ2n) is 7.35. The van der Waals surface area contributed by atoms with Crippen LogP contribution in [0.5, 0.6) is 0 Å². The summed E-state index contributed by atoms with van der Waals surface area (Å²) < 4.78 is 5.55. The molecular formula is C19H28ClN3O2. The average Bonchev–Trinajstić information content (AvgIpc) is 3.27. The second-order valence-corrected chi connectivity index (χ2v) is 7.78. The van der Waals surface area contributed by atoms with Crippen molar-refractivity contribution >= 4 is 17.6 Å². The molecule has 138 valence electrons. The zero-order valence-electron chi connectivity index (χ0n) is 14.9. The van der Waals surface area contributed by atoms with Crippen LogP contribution in [0, 0.1) is 5.41 Å². The lowest BCUT2D eigenvalue weighted by Gasteiger charge is -2.28. The first kappa shape index (κ1) is 18.5. The van der Waals surface area contributed by atoms with Gasteiger partial charge in [0.25, 0.3) is 0 Å². The third-order valence-corrected chi connectivity index (χ3v) is 5.80. The van der Waals surface area contributed by atoms with Gasteiger partial charge < -0.3 is 20.5 Å². The molecule has 5 nitrogen and oxygen atoms in total. The number of hydrogen-bond acceptors (Lipinski definition) is 3. The van der Waals surface area contributed by atoms with Gasteiger partial charge in [-0.2, -0.15) is 0 Å². The van der Waals surface area contributed by atoms with E-state index in [9.17, 15) is 5.11 Å². The van der Waals surface area contributed by atoms with Gasteiger partial charge >= 0.3 is 0 Å². The highest BCUT2D eigenvalue weighted by molar-refractivity contribution is 6.30. The third kappa shape index (κ3) is 4.46. The van der Waals surface area contributed by atoms with E-state index in [0.29, 0.717) is 6.61 Å². The first-order valence-electron chi connectivity index (χ1n) is 9.01. The Labute approximate surface area is 154 Å². The Hall–Kier alpha value is -1.30. The van der Waals surface area contributed by atoms with Crippen LogP contribution in [-0.2, 0) is 10.2 Å². The van der Waals surface area contributed by atoms with Crippen molar-refractivity contribution < 1.29 is 9.84 Å². The van der Waals surface area contributed by atoms with Crippen molar-refractivity contribution in [1.82, 2.24) is 10.6 Å². The van der Waals surface area contributed by atoms with Gasteiger partial charge in [-0.15, -0.1) is 0 Å². The number of hydrogen-bond donors (Lipinski definition) is 3. The first-order chi connectivity index (χ1) is 12.1. The fraction of sp³-hybridized carbons (Fsp3) is 0.632. The summed E-state index contributed by atoms with van der Waals surface area (Å²) in [6, 6.07) is 8.16. The quantitative estimate of drug-likeness (QED) is 0.512. The van der Waals surface area contributed by atoms with Crippen LogP contribution >= 0.6 is 11.6 Å². The molecule has 0 aromatic heterocycles. The molecule has 1 unspecified atom stereocenters. The van der Waals surface area contributed by atoms with Crippen LogP contribution in [0.2, 0.25) is 5.02 Å². The lowest BCUT2D eigenvalue weighted by atomic mass is 9.84. The van der Waals surface area contributed by atoms with Crippen molar-refractivity contribution in [3.05, 3.63) is 34.9 Å². The molecular weight excluding hydrogens is 338 g/mol. The highest BCUT2D eigenvalue weighted by atomic mass is 35.5. The van der Waals surface area contributed by atoms with Gasteiger partial charge in [0.1, 0.15) is 0 Å².